The minimum Gasteiger partial charge on any atom is -0.404 e. The van der Waals surface area contributed by atoms with E-state index in [4.69, 9.17) is 5.73 Å². The molecular weight excluding hydrogens is 357 g/mol. The molecule has 0 aromatic carbocycles. The first-order valence-electron chi connectivity index (χ1n) is 4.01. The number of nitrogens with zero attached hydrogens (tertiary/aromatic N) is 2. The van der Waals surface area contributed by atoms with E-state index in [-0.39, 0.29) is 0 Å². The molecule has 1 rings (SSSR count). The molecule has 0 aliphatic rings. The summed E-state index contributed by atoms with van der Waals surface area (Å²) in [6, 6.07) is 1.93. The molecule has 76 valence electrons. The molecule has 0 bridgehead atoms. The van der Waals surface area contributed by atoms with Gasteiger partial charge in [0.05, 0.1) is 8.53 Å². The Labute approximate surface area is 105 Å². The predicted molar refractivity (Wildman–Crippen MR) is 71.2 cm³/mol. The van der Waals surface area contributed by atoms with Crippen LogP contribution in [0.1, 0.15) is 5.69 Å². The molecule has 1 aromatic heterocycles. The van der Waals surface area contributed by atoms with Crippen LogP contribution in [0.5, 0.6) is 0 Å². The van der Waals surface area contributed by atoms with Crippen molar-refractivity contribution in [2.75, 3.05) is 0 Å². The summed E-state index contributed by atoms with van der Waals surface area (Å²) in [5.41, 5.74) is 7.33. The van der Waals surface area contributed by atoms with Gasteiger partial charge in [0.25, 0.3) is 0 Å². The monoisotopic (exact) mass is 367 g/mol. The molecule has 1 heterocycles. The summed E-state index contributed by atoms with van der Waals surface area (Å²) in [5.74, 6) is 0. The van der Waals surface area contributed by atoms with E-state index in [1.807, 2.05) is 31.5 Å². The van der Waals surface area contributed by atoms with Crippen LogP contribution in [0.25, 0.3) is 5.57 Å². The first kappa shape index (κ1) is 11.8. The molecule has 5 heteroatoms. The highest BCUT2D eigenvalue weighted by Gasteiger charge is 2.00. The lowest BCUT2D eigenvalue weighted by Crippen LogP contribution is -1.92. The van der Waals surface area contributed by atoms with E-state index in [2.05, 4.69) is 43.6 Å². The number of aromatic nitrogens is 2. The average Bonchev–Trinajstić information content (AvgIpc) is 2.53. The molecule has 1 aromatic rings. The van der Waals surface area contributed by atoms with Gasteiger partial charge in [0.2, 0.25) is 0 Å². The fraction of sp³-hybridized carbons (Fsp3) is 0.222. The van der Waals surface area contributed by atoms with Crippen LogP contribution >= 0.6 is 38.5 Å². The van der Waals surface area contributed by atoms with Crippen LogP contribution in [0.4, 0.5) is 0 Å². The number of hydrogen-bond acceptors (Lipinski definition) is 2. The third-order valence-corrected chi connectivity index (χ3v) is 2.33. The summed E-state index contributed by atoms with van der Waals surface area (Å²) in [4.78, 5) is 0. The van der Waals surface area contributed by atoms with Gasteiger partial charge in [0, 0.05) is 25.0 Å². The first-order valence-corrected chi connectivity index (χ1v) is 6.18. The maximum Gasteiger partial charge on any atom is 0.0937 e. The Morgan fingerprint density at radius 3 is 2.93 bits per heavy atom. The fourth-order valence-electron chi connectivity index (χ4n) is 0.972. The zero-order chi connectivity index (χ0) is 10.6. The van der Waals surface area contributed by atoms with Gasteiger partial charge in [-0.25, -0.2) is 0 Å². The van der Waals surface area contributed by atoms with Gasteiger partial charge >= 0.3 is 0 Å². The smallest absolute Gasteiger partial charge is 0.0937 e. The molecule has 0 fully saturated rings. The predicted octanol–water partition coefficient (Wildman–Crippen LogP) is 2.43. The van der Waals surface area contributed by atoms with Crippen molar-refractivity contribution in [2.24, 2.45) is 12.8 Å². The van der Waals surface area contributed by atoms with E-state index in [0.717, 1.165) is 11.3 Å². The van der Waals surface area contributed by atoms with Crippen molar-refractivity contribution in [3.05, 3.63) is 36.3 Å². The van der Waals surface area contributed by atoms with Crippen LogP contribution in [0, 0.1) is 0 Å². The third kappa shape index (κ3) is 3.45. The van der Waals surface area contributed by atoms with E-state index in [0.29, 0.717) is 2.83 Å². The summed E-state index contributed by atoms with van der Waals surface area (Å²) in [5, 5.41) is 4.26. The second-order valence-corrected chi connectivity index (χ2v) is 6.73. The van der Waals surface area contributed by atoms with Crippen LogP contribution < -0.4 is 5.73 Å². The second-order valence-electron chi connectivity index (χ2n) is 2.69. The van der Waals surface area contributed by atoms with Gasteiger partial charge < -0.3 is 5.73 Å². The Morgan fingerprint density at radius 1 is 1.79 bits per heavy atom. The van der Waals surface area contributed by atoms with Crippen LogP contribution in [-0.2, 0) is 7.05 Å². The van der Waals surface area contributed by atoms with Gasteiger partial charge in [-0.2, -0.15) is 5.10 Å². The van der Waals surface area contributed by atoms with Crippen molar-refractivity contribution in [1.29, 1.82) is 0 Å². The van der Waals surface area contributed by atoms with Crippen molar-refractivity contribution in [3.63, 3.8) is 0 Å². The van der Waals surface area contributed by atoms with Crippen LogP contribution in [0.15, 0.2) is 30.6 Å². The largest absolute Gasteiger partial charge is 0.404 e. The fourth-order valence-corrected chi connectivity index (χ4v) is 1.33. The molecule has 2 N–H and O–H groups in total. The van der Waals surface area contributed by atoms with Crippen molar-refractivity contribution in [3.8, 4) is 0 Å². The van der Waals surface area contributed by atoms with E-state index in [1.165, 1.54) is 0 Å². The normalized spacial score (nSPS) is 14.9. The highest BCUT2D eigenvalue weighted by molar-refractivity contribution is 14.1. The average molecular weight is 368 g/mol. The molecule has 1 atom stereocenters. The molecule has 0 aliphatic carbocycles. The van der Waals surface area contributed by atoms with E-state index in [9.17, 15) is 0 Å². The molecular formula is C9H11BrIN3. The van der Waals surface area contributed by atoms with E-state index >= 15 is 0 Å². The summed E-state index contributed by atoms with van der Waals surface area (Å²) in [6.07, 6.45) is 7.41. The highest BCUT2D eigenvalue weighted by atomic mass is 127. The molecule has 0 radical (unpaired) electrons. The standard InChI is InChI=1S/C9H11BrIN3/c1-14-5-4-8(13-14)7(6-12)2-3-9(10)11/h2-6,9H,12H2,1H3/b3-2-,7-6+. The zero-order valence-electron chi connectivity index (χ0n) is 7.69. The number of aryl methyl sites for hydroxylation is 1. The minimum atomic E-state index is 0.304. The molecule has 3 nitrogen and oxygen atoms in total. The van der Waals surface area contributed by atoms with Gasteiger partial charge in [-0.1, -0.05) is 50.7 Å². The van der Waals surface area contributed by atoms with E-state index in [1.54, 1.807) is 10.9 Å². The van der Waals surface area contributed by atoms with Gasteiger partial charge in [0.1, 0.15) is 0 Å². The minimum absolute atomic E-state index is 0.304. The van der Waals surface area contributed by atoms with Crippen molar-refractivity contribution in [1.82, 2.24) is 9.78 Å². The Hall–Kier alpha value is -0.300. The third-order valence-electron chi connectivity index (χ3n) is 1.61. The van der Waals surface area contributed by atoms with Crippen LogP contribution in [0.3, 0.4) is 0 Å². The maximum absolute atomic E-state index is 5.52. The summed E-state index contributed by atoms with van der Waals surface area (Å²) >= 11 is 5.67. The maximum atomic E-state index is 5.52. The lowest BCUT2D eigenvalue weighted by atomic mass is 10.2. The Kier molecular flexibility index (Phi) is 4.67. The number of hydrogen-bond donors (Lipinski definition) is 1. The van der Waals surface area contributed by atoms with Gasteiger partial charge in [-0.3, -0.25) is 4.68 Å². The van der Waals surface area contributed by atoms with E-state index < -0.39 is 0 Å². The van der Waals surface area contributed by atoms with Crippen LogP contribution in [-0.4, -0.2) is 12.6 Å². The molecule has 1 unspecified atom stereocenters. The number of rotatable bonds is 3. The van der Waals surface area contributed by atoms with Crippen molar-refractivity contribution >= 4 is 44.1 Å². The second kappa shape index (κ2) is 5.55. The summed E-state index contributed by atoms with van der Waals surface area (Å²) in [6.45, 7) is 0. The first-order chi connectivity index (χ1) is 6.63. The van der Waals surface area contributed by atoms with Crippen molar-refractivity contribution in [2.45, 2.75) is 2.83 Å². The zero-order valence-corrected chi connectivity index (χ0v) is 11.4. The van der Waals surface area contributed by atoms with Gasteiger partial charge in [0.15, 0.2) is 0 Å². The molecule has 0 spiro atoms. The molecule has 0 saturated carbocycles. The SMILES string of the molecule is Cn1ccc(C(/C=C\C(Br)I)=C/N)n1. The molecule has 0 aliphatic heterocycles. The topological polar surface area (TPSA) is 43.8 Å². The van der Waals surface area contributed by atoms with Gasteiger partial charge in [-0.15, -0.1) is 0 Å². The highest BCUT2D eigenvalue weighted by Crippen LogP contribution is 2.16. The Morgan fingerprint density at radius 2 is 2.50 bits per heavy atom. The van der Waals surface area contributed by atoms with Gasteiger partial charge in [-0.05, 0) is 6.07 Å². The quantitative estimate of drug-likeness (QED) is 0.506. The summed E-state index contributed by atoms with van der Waals surface area (Å²) < 4.78 is 2.06. The lowest BCUT2D eigenvalue weighted by Gasteiger charge is -1.96. The molecule has 14 heavy (non-hydrogen) atoms. The summed E-state index contributed by atoms with van der Waals surface area (Å²) in [7, 11) is 1.88. The van der Waals surface area contributed by atoms with Crippen molar-refractivity contribution < 1.29 is 0 Å². The molecule has 0 saturated heterocycles. The number of alkyl halides is 2. The Bertz CT molecular complexity index is 355. The number of allylic oxidation sites excluding steroid dienone is 3. The lowest BCUT2D eigenvalue weighted by molar-refractivity contribution is 0.763. The number of halogens is 2. The Balaban J connectivity index is 2.84. The van der Waals surface area contributed by atoms with Crippen LogP contribution in [0.2, 0.25) is 0 Å². The molecule has 0 amide bonds. The number of nitrogens with two attached hydrogens (primary N) is 1.